The molecule has 1 aromatic carbocycles. The highest BCUT2D eigenvalue weighted by atomic mass is 35.5. The maximum Gasteiger partial charge on any atom is 0.308 e. The van der Waals surface area contributed by atoms with Crippen molar-refractivity contribution in [2.24, 2.45) is 5.92 Å². The molecule has 1 aromatic rings. The predicted octanol–water partition coefficient (Wildman–Crippen LogP) is 2.65. The van der Waals surface area contributed by atoms with Gasteiger partial charge in [0.05, 0.1) is 5.92 Å². The van der Waals surface area contributed by atoms with Crippen molar-refractivity contribution in [2.45, 2.75) is 25.3 Å². The van der Waals surface area contributed by atoms with Crippen molar-refractivity contribution in [2.75, 3.05) is 13.1 Å². The number of carbonyl (C=O) groups is 3. The number of carboxylic acid groups (broad SMARTS) is 1. The van der Waals surface area contributed by atoms with Crippen molar-refractivity contribution >= 4 is 29.3 Å². The van der Waals surface area contributed by atoms with Gasteiger partial charge in [-0.2, -0.15) is 0 Å². The molecule has 2 aliphatic rings. The van der Waals surface area contributed by atoms with Crippen molar-refractivity contribution in [3.63, 3.8) is 0 Å². The Morgan fingerprint density at radius 2 is 2.04 bits per heavy atom. The van der Waals surface area contributed by atoms with Gasteiger partial charge in [0.15, 0.2) is 5.78 Å². The van der Waals surface area contributed by atoms with E-state index < -0.39 is 17.4 Å². The second kappa shape index (κ2) is 7.56. The van der Waals surface area contributed by atoms with Gasteiger partial charge < -0.3 is 15.3 Å². The molecule has 0 spiro atoms. The first-order chi connectivity index (χ1) is 12.8. The van der Waals surface area contributed by atoms with Gasteiger partial charge in [-0.1, -0.05) is 18.5 Å². The summed E-state index contributed by atoms with van der Waals surface area (Å²) in [5.74, 6) is -1.81. The molecule has 0 saturated carbocycles. The average molecular weight is 389 g/mol. The van der Waals surface area contributed by atoms with E-state index in [0.717, 1.165) is 0 Å². The highest BCUT2D eigenvalue weighted by Gasteiger charge is 2.38. The highest BCUT2D eigenvalue weighted by molar-refractivity contribution is 6.30. The number of rotatable bonds is 5. The van der Waals surface area contributed by atoms with Crippen LogP contribution < -0.4 is 5.32 Å². The van der Waals surface area contributed by atoms with Gasteiger partial charge in [0.2, 0.25) is 0 Å². The van der Waals surface area contributed by atoms with Crippen LogP contribution in [0.15, 0.2) is 48.2 Å². The highest BCUT2D eigenvalue weighted by Crippen LogP contribution is 2.27. The predicted molar refractivity (Wildman–Crippen MR) is 101 cm³/mol. The number of hydrogen-bond acceptors (Lipinski definition) is 4. The summed E-state index contributed by atoms with van der Waals surface area (Å²) in [6.07, 6.45) is 5.95. The van der Waals surface area contributed by atoms with E-state index in [2.05, 4.69) is 5.32 Å². The fourth-order valence-electron chi connectivity index (χ4n) is 3.37. The molecule has 0 bridgehead atoms. The third-order valence-electron chi connectivity index (χ3n) is 5.16. The molecule has 1 heterocycles. The molecule has 1 aliphatic carbocycles. The van der Waals surface area contributed by atoms with Gasteiger partial charge in [0.25, 0.3) is 5.91 Å². The number of aliphatic carboxylic acids is 1. The molecule has 1 saturated heterocycles. The molecule has 142 valence electrons. The molecule has 1 fully saturated rings. The van der Waals surface area contributed by atoms with Gasteiger partial charge in [-0.3, -0.25) is 14.4 Å². The number of likely N-dealkylation sites (tertiary alicyclic amines) is 1. The Morgan fingerprint density at radius 1 is 1.33 bits per heavy atom. The van der Waals surface area contributed by atoms with Crippen molar-refractivity contribution in [3.8, 4) is 0 Å². The second-order valence-corrected chi connectivity index (χ2v) is 7.26. The third-order valence-corrected chi connectivity index (χ3v) is 5.41. The molecule has 6 nitrogen and oxygen atoms in total. The second-order valence-electron chi connectivity index (χ2n) is 6.82. The molecule has 0 aromatic heterocycles. The SMILES string of the molecule is CCC1(NC(=O)c2ccc(Cl)cc2)C=CC(N2CCC(C(=O)O)C2)=CC1=O. The van der Waals surface area contributed by atoms with Crippen LogP contribution in [-0.2, 0) is 9.59 Å². The lowest BCUT2D eigenvalue weighted by atomic mass is 9.85. The van der Waals surface area contributed by atoms with Crippen LogP contribution in [0.2, 0.25) is 5.02 Å². The molecule has 2 unspecified atom stereocenters. The number of carboxylic acids is 1. The zero-order chi connectivity index (χ0) is 19.6. The van der Waals surface area contributed by atoms with E-state index in [1.807, 2.05) is 11.8 Å². The van der Waals surface area contributed by atoms with Gasteiger partial charge >= 0.3 is 5.97 Å². The van der Waals surface area contributed by atoms with Crippen LogP contribution in [0.4, 0.5) is 0 Å². The number of nitrogens with one attached hydrogen (secondary N) is 1. The lowest BCUT2D eigenvalue weighted by Crippen LogP contribution is -2.53. The van der Waals surface area contributed by atoms with E-state index in [1.165, 1.54) is 6.08 Å². The average Bonchev–Trinajstić information content (AvgIpc) is 3.14. The Bertz CT molecular complexity index is 831. The standard InChI is InChI=1S/C20H21ClN2O4/c1-2-20(22-18(25)13-3-5-15(21)6-4-13)9-7-16(11-17(20)24)23-10-8-14(12-23)19(26)27/h3-7,9,11,14H,2,8,10,12H2,1H3,(H,22,25)(H,26,27). The Balaban J connectivity index is 1.74. The normalized spacial score (nSPS) is 24.7. The smallest absolute Gasteiger partial charge is 0.308 e. The Hall–Kier alpha value is -2.60. The molecular formula is C20H21ClN2O4. The first-order valence-corrected chi connectivity index (χ1v) is 9.23. The van der Waals surface area contributed by atoms with Crippen LogP contribution in [0.25, 0.3) is 0 Å². The number of nitrogens with zero attached hydrogens (tertiary/aromatic N) is 1. The van der Waals surface area contributed by atoms with E-state index in [0.29, 0.717) is 42.2 Å². The number of allylic oxidation sites excluding steroid dienone is 1. The van der Waals surface area contributed by atoms with E-state index >= 15 is 0 Å². The Morgan fingerprint density at radius 3 is 2.59 bits per heavy atom. The van der Waals surface area contributed by atoms with E-state index in [1.54, 1.807) is 36.4 Å². The third kappa shape index (κ3) is 3.90. The van der Waals surface area contributed by atoms with Crippen LogP contribution in [0, 0.1) is 5.92 Å². The van der Waals surface area contributed by atoms with E-state index in [-0.39, 0.29) is 11.7 Å². The molecular weight excluding hydrogens is 368 g/mol. The molecule has 27 heavy (non-hydrogen) atoms. The van der Waals surface area contributed by atoms with Gasteiger partial charge in [0, 0.05) is 35.4 Å². The van der Waals surface area contributed by atoms with Crippen molar-refractivity contribution in [3.05, 3.63) is 58.8 Å². The van der Waals surface area contributed by atoms with Crippen molar-refractivity contribution in [1.82, 2.24) is 10.2 Å². The topological polar surface area (TPSA) is 86.7 Å². The van der Waals surface area contributed by atoms with E-state index in [4.69, 9.17) is 16.7 Å². The van der Waals surface area contributed by atoms with Crippen LogP contribution in [0.5, 0.6) is 0 Å². The number of amides is 1. The van der Waals surface area contributed by atoms with Crippen LogP contribution in [-0.4, -0.2) is 46.3 Å². The Kier molecular flexibility index (Phi) is 5.37. The van der Waals surface area contributed by atoms with Gasteiger partial charge in [-0.25, -0.2) is 0 Å². The minimum absolute atomic E-state index is 0.219. The monoisotopic (exact) mass is 388 g/mol. The van der Waals surface area contributed by atoms with Gasteiger partial charge in [0.1, 0.15) is 5.54 Å². The molecule has 7 heteroatoms. The molecule has 2 N–H and O–H groups in total. The lowest BCUT2D eigenvalue weighted by Gasteiger charge is -2.32. The fourth-order valence-corrected chi connectivity index (χ4v) is 3.50. The van der Waals surface area contributed by atoms with Crippen LogP contribution in [0.3, 0.4) is 0 Å². The maximum absolute atomic E-state index is 12.8. The van der Waals surface area contributed by atoms with Gasteiger partial charge in [-0.05, 0) is 49.3 Å². The number of halogens is 1. The fraction of sp³-hybridized carbons (Fsp3) is 0.350. The summed E-state index contributed by atoms with van der Waals surface area (Å²) in [4.78, 5) is 38.4. The zero-order valence-corrected chi connectivity index (χ0v) is 15.7. The summed E-state index contributed by atoms with van der Waals surface area (Å²) in [7, 11) is 0. The summed E-state index contributed by atoms with van der Waals surface area (Å²) in [5.41, 5.74) is 0.00666. The summed E-state index contributed by atoms with van der Waals surface area (Å²) in [6.45, 7) is 2.81. The zero-order valence-electron chi connectivity index (χ0n) is 14.9. The number of hydrogen-bond donors (Lipinski definition) is 2. The minimum atomic E-state index is -1.11. The Labute approximate surface area is 162 Å². The van der Waals surface area contributed by atoms with Crippen molar-refractivity contribution < 1.29 is 19.5 Å². The first kappa shape index (κ1) is 19.2. The molecule has 3 rings (SSSR count). The molecule has 2 atom stereocenters. The molecule has 1 amide bonds. The summed E-state index contributed by atoms with van der Waals surface area (Å²) < 4.78 is 0. The largest absolute Gasteiger partial charge is 0.481 e. The number of carbonyl (C=O) groups excluding carboxylic acids is 2. The maximum atomic E-state index is 12.8. The number of ketones is 1. The van der Waals surface area contributed by atoms with Crippen LogP contribution in [0.1, 0.15) is 30.1 Å². The molecule has 1 aliphatic heterocycles. The molecule has 0 radical (unpaired) electrons. The van der Waals surface area contributed by atoms with Crippen molar-refractivity contribution in [1.29, 1.82) is 0 Å². The minimum Gasteiger partial charge on any atom is -0.481 e. The summed E-state index contributed by atoms with van der Waals surface area (Å²) in [5, 5.41) is 12.5. The van der Waals surface area contributed by atoms with E-state index in [9.17, 15) is 14.4 Å². The first-order valence-electron chi connectivity index (χ1n) is 8.86. The van der Waals surface area contributed by atoms with Gasteiger partial charge in [-0.15, -0.1) is 0 Å². The number of benzene rings is 1. The lowest BCUT2D eigenvalue weighted by molar-refractivity contribution is -0.141. The summed E-state index contributed by atoms with van der Waals surface area (Å²) >= 11 is 5.85. The summed E-state index contributed by atoms with van der Waals surface area (Å²) in [6, 6.07) is 6.46. The quantitative estimate of drug-likeness (QED) is 0.809. The van der Waals surface area contributed by atoms with Crippen LogP contribution >= 0.6 is 11.6 Å².